The number of carbonyl (C=O) groups excluding carboxylic acids is 1. The predicted octanol–water partition coefficient (Wildman–Crippen LogP) is 0.250. The molecule has 3 heteroatoms. The van der Waals surface area contributed by atoms with Crippen molar-refractivity contribution in [3.63, 3.8) is 0 Å². The molecule has 3 nitrogen and oxygen atoms in total. The summed E-state index contributed by atoms with van der Waals surface area (Å²) in [4.78, 5) is 10.9. The summed E-state index contributed by atoms with van der Waals surface area (Å²) < 4.78 is 0. The highest BCUT2D eigenvalue weighted by Crippen LogP contribution is 2.33. The van der Waals surface area contributed by atoms with Crippen LogP contribution in [0.5, 0.6) is 0 Å². The maximum absolute atomic E-state index is 10.9. The largest absolute Gasteiger partial charge is 0.369 e. The molecular weight excluding hydrogens is 152 g/mol. The van der Waals surface area contributed by atoms with Crippen molar-refractivity contribution in [3.8, 4) is 0 Å². The van der Waals surface area contributed by atoms with E-state index in [1.54, 1.807) is 0 Å². The van der Waals surface area contributed by atoms with Gasteiger partial charge in [0.15, 0.2) is 0 Å². The average Bonchev–Trinajstić information content (AvgIpc) is 2.49. The van der Waals surface area contributed by atoms with Crippen LogP contribution in [0.3, 0.4) is 0 Å². The number of nitrogens with one attached hydrogen (secondary N) is 1. The van der Waals surface area contributed by atoms with Crippen LogP contribution in [0.1, 0.15) is 25.7 Å². The normalized spacial score (nSPS) is 40.8. The molecule has 0 radical (unpaired) electrons. The molecule has 1 saturated heterocycles. The standard InChI is InChI=1S/C9H16N2O/c10-9(12)7-4-6-2-1-3-8(6)11-5-7/h6-8,11H,1-5H2,(H2,10,12). The number of carbonyl (C=O) groups is 1. The molecular formula is C9H16N2O. The van der Waals surface area contributed by atoms with Gasteiger partial charge in [0.05, 0.1) is 5.92 Å². The molecule has 0 aromatic rings. The van der Waals surface area contributed by atoms with Crippen molar-refractivity contribution in [2.45, 2.75) is 31.7 Å². The van der Waals surface area contributed by atoms with E-state index in [0.29, 0.717) is 6.04 Å². The van der Waals surface area contributed by atoms with Crippen LogP contribution in [-0.4, -0.2) is 18.5 Å². The lowest BCUT2D eigenvalue weighted by molar-refractivity contribution is -0.122. The minimum atomic E-state index is -0.132. The van der Waals surface area contributed by atoms with Crippen LogP contribution in [0.25, 0.3) is 0 Å². The maximum Gasteiger partial charge on any atom is 0.221 e. The minimum Gasteiger partial charge on any atom is -0.369 e. The second kappa shape index (κ2) is 3.05. The summed E-state index contributed by atoms with van der Waals surface area (Å²) in [5.74, 6) is 0.674. The lowest BCUT2D eigenvalue weighted by atomic mass is 9.86. The zero-order valence-corrected chi connectivity index (χ0v) is 7.25. The van der Waals surface area contributed by atoms with Crippen LogP contribution in [-0.2, 0) is 4.79 Å². The van der Waals surface area contributed by atoms with Crippen LogP contribution in [0, 0.1) is 11.8 Å². The topological polar surface area (TPSA) is 55.1 Å². The zero-order chi connectivity index (χ0) is 8.55. The first-order chi connectivity index (χ1) is 5.77. The summed E-state index contributed by atoms with van der Waals surface area (Å²) in [6, 6.07) is 0.681. The van der Waals surface area contributed by atoms with Gasteiger partial charge < -0.3 is 11.1 Å². The number of nitrogens with two attached hydrogens (primary N) is 1. The van der Waals surface area contributed by atoms with Crippen LogP contribution in [0.2, 0.25) is 0 Å². The third-order valence-corrected chi connectivity index (χ3v) is 3.28. The third-order valence-electron chi connectivity index (χ3n) is 3.28. The van der Waals surface area contributed by atoms with Gasteiger partial charge in [-0.2, -0.15) is 0 Å². The first-order valence-corrected chi connectivity index (χ1v) is 4.80. The van der Waals surface area contributed by atoms with Crippen LogP contribution < -0.4 is 11.1 Å². The Morgan fingerprint density at radius 2 is 2.25 bits per heavy atom. The van der Waals surface area contributed by atoms with Gasteiger partial charge in [0.25, 0.3) is 0 Å². The fraction of sp³-hybridized carbons (Fsp3) is 0.889. The molecule has 2 fully saturated rings. The molecule has 3 atom stereocenters. The fourth-order valence-corrected chi connectivity index (χ4v) is 2.55. The van der Waals surface area contributed by atoms with Crippen molar-refractivity contribution < 1.29 is 4.79 Å². The van der Waals surface area contributed by atoms with Crippen LogP contribution >= 0.6 is 0 Å². The highest BCUT2D eigenvalue weighted by atomic mass is 16.1. The molecule has 3 unspecified atom stereocenters. The summed E-state index contributed by atoms with van der Waals surface area (Å²) in [6.07, 6.45) is 4.90. The molecule has 1 aliphatic heterocycles. The Balaban J connectivity index is 1.96. The molecule has 3 N–H and O–H groups in total. The van der Waals surface area contributed by atoms with E-state index >= 15 is 0 Å². The summed E-state index contributed by atoms with van der Waals surface area (Å²) in [6.45, 7) is 0.802. The third kappa shape index (κ3) is 1.33. The molecule has 1 heterocycles. The Labute approximate surface area is 72.7 Å². The van der Waals surface area contributed by atoms with E-state index in [1.165, 1.54) is 19.3 Å². The molecule has 68 valence electrons. The quantitative estimate of drug-likeness (QED) is 0.589. The van der Waals surface area contributed by atoms with Crippen molar-refractivity contribution in [1.82, 2.24) is 5.32 Å². The smallest absolute Gasteiger partial charge is 0.221 e. The second-order valence-corrected chi connectivity index (χ2v) is 4.04. The lowest BCUT2D eigenvalue weighted by Crippen LogP contribution is -2.46. The molecule has 0 bridgehead atoms. The SMILES string of the molecule is NC(=O)C1CNC2CCCC2C1. The maximum atomic E-state index is 10.9. The second-order valence-electron chi connectivity index (χ2n) is 4.04. The van der Waals surface area contributed by atoms with Crippen LogP contribution in [0.4, 0.5) is 0 Å². The number of fused-ring (bicyclic) bond motifs is 1. The van der Waals surface area contributed by atoms with E-state index in [2.05, 4.69) is 5.32 Å². The van der Waals surface area contributed by atoms with Gasteiger partial charge in [-0.1, -0.05) is 6.42 Å². The van der Waals surface area contributed by atoms with Gasteiger partial charge in [0.2, 0.25) is 5.91 Å². The van der Waals surface area contributed by atoms with Gasteiger partial charge in [-0.05, 0) is 25.2 Å². The molecule has 1 saturated carbocycles. The van der Waals surface area contributed by atoms with E-state index in [4.69, 9.17) is 5.73 Å². The number of piperidine rings is 1. The fourth-order valence-electron chi connectivity index (χ4n) is 2.55. The van der Waals surface area contributed by atoms with Crippen molar-refractivity contribution in [2.75, 3.05) is 6.54 Å². The highest BCUT2D eigenvalue weighted by molar-refractivity contribution is 5.77. The first kappa shape index (κ1) is 8.05. The van der Waals surface area contributed by atoms with Crippen molar-refractivity contribution >= 4 is 5.91 Å². The van der Waals surface area contributed by atoms with Gasteiger partial charge >= 0.3 is 0 Å². The van der Waals surface area contributed by atoms with Gasteiger partial charge in [-0.25, -0.2) is 0 Å². The molecule has 0 aromatic carbocycles. The summed E-state index contributed by atoms with van der Waals surface area (Å²) >= 11 is 0. The Kier molecular flexibility index (Phi) is 2.05. The van der Waals surface area contributed by atoms with E-state index < -0.39 is 0 Å². The molecule has 1 aliphatic carbocycles. The summed E-state index contributed by atoms with van der Waals surface area (Å²) in [5.41, 5.74) is 5.27. The summed E-state index contributed by atoms with van der Waals surface area (Å²) in [7, 11) is 0. The molecule has 0 aromatic heterocycles. The Morgan fingerprint density at radius 3 is 3.00 bits per heavy atom. The number of hydrogen-bond acceptors (Lipinski definition) is 2. The molecule has 12 heavy (non-hydrogen) atoms. The van der Waals surface area contributed by atoms with Crippen LogP contribution in [0.15, 0.2) is 0 Å². The number of primary amides is 1. The van der Waals surface area contributed by atoms with Crippen molar-refractivity contribution in [3.05, 3.63) is 0 Å². The van der Waals surface area contributed by atoms with Gasteiger partial charge in [0, 0.05) is 12.6 Å². The highest BCUT2D eigenvalue weighted by Gasteiger charge is 2.35. The average molecular weight is 168 g/mol. The molecule has 1 amide bonds. The lowest BCUT2D eigenvalue weighted by Gasteiger charge is -2.31. The monoisotopic (exact) mass is 168 g/mol. The first-order valence-electron chi connectivity index (χ1n) is 4.80. The minimum absolute atomic E-state index is 0.0874. The van der Waals surface area contributed by atoms with Gasteiger partial charge in [-0.3, -0.25) is 4.79 Å². The molecule has 0 spiro atoms. The zero-order valence-electron chi connectivity index (χ0n) is 7.25. The molecule has 2 aliphatic rings. The van der Waals surface area contributed by atoms with Crippen molar-refractivity contribution in [2.24, 2.45) is 17.6 Å². The number of amides is 1. The number of hydrogen-bond donors (Lipinski definition) is 2. The van der Waals surface area contributed by atoms with E-state index in [-0.39, 0.29) is 11.8 Å². The number of rotatable bonds is 1. The van der Waals surface area contributed by atoms with Crippen molar-refractivity contribution in [1.29, 1.82) is 0 Å². The molecule has 2 rings (SSSR count). The van der Waals surface area contributed by atoms with Gasteiger partial charge in [-0.15, -0.1) is 0 Å². The van der Waals surface area contributed by atoms with Gasteiger partial charge in [0.1, 0.15) is 0 Å². The van der Waals surface area contributed by atoms with E-state index in [1.807, 2.05) is 0 Å². The van der Waals surface area contributed by atoms with E-state index in [9.17, 15) is 4.79 Å². The summed E-state index contributed by atoms with van der Waals surface area (Å²) in [5, 5.41) is 3.41. The van der Waals surface area contributed by atoms with E-state index in [0.717, 1.165) is 18.9 Å². The Bertz CT molecular complexity index is 193. The Hall–Kier alpha value is -0.570. The Morgan fingerprint density at radius 1 is 1.42 bits per heavy atom. The predicted molar refractivity (Wildman–Crippen MR) is 46.4 cm³/mol.